The lowest BCUT2D eigenvalue weighted by atomic mass is 10.1. The number of pyridine rings is 1. The van der Waals surface area contributed by atoms with Crippen LogP contribution in [0.15, 0.2) is 42.7 Å². The maximum Gasteiger partial charge on any atom is 0.299 e. The number of nitrogens with one attached hydrogen (secondary N) is 2. The molecule has 167 valence electrons. The quantitative estimate of drug-likeness (QED) is 0.357. The molecule has 1 radical (unpaired) electrons. The predicted molar refractivity (Wildman–Crippen MR) is 124 cm³/mol. The topological polar surface area (TPSA) is 119 Å². The molecule has 0 unspecified atom stereocenters. The molecular weight excluding hydrogens is 465 g/mol. The minimum Gasteiger partial charge on any atom is -0.527 e. The van der Waals surface area contributed by atoms with Gasteiger partial charge in [0, 0.05) is 23.3 Å². The molecule has 0 spiro atoms. The maximum atomic E-state index is 14.0. The lowest BCUT2D eigenvalue weighted by Gasteiger charge is -2.17. The molecule has 1 aromatic carbocycles. The third kappa shape index (κ3) is 3.96. The largest absolute Gasteiger partial charge is 0.527 e. The summed E-state index contributed by atoms with van der Waals surface area (Å²) in [4.78, 5) is 21.6. The van der Waals surface area contributed by atoms with Gasteiger partial charge in [0.15, 0.2) is 5.65 Å². The highest BCUT2D eigenvalue weighted by molar-refractivity contribution is 6.51. The number of nitrogens with zero attached hydrogens (tertiary/aromatic N) is 4. The summed E-state index contributed by atoms with van der Waals surface area (Å²) in [5, 5.41) is 10.9. The Kier molecular flexibility index (Phi) is 5.34. The Labute approximate surface area is 194 Å². The van der Waals surface area contributed by atoms with Crippen molar-refractivity contribution in [3.05, 3.63) is 64.7 Å². The van der Waals surface area contributed by atoms with E-state index in [4.69, 9.17) is 21.8 Å². The van der Waals surface area contributed by atoms with Crippen molar-refractivity contribution in [2.24, 2.45) is 0 Å². The van der Waals surface area contributed by atoms with Gasteiger partial charge in [-0.15, -0.1) is 0 Å². The summed E-state index contributed by atoms with van der Waals surface area (Å²) >= 11 is 6.06. The van der Waals surface area contributed by atoms with E-state index in [2.05, 4.69) is 25.7 Å². The Bertz CT molecular complexity index is 1380. The van der Waals surface area contributed by atoms with Gasteiger partial charge < -0.3 is 20.8 Å². The summed E-state index contributed by atoms with van der Waals surface area (Å²) in [5.41, 5.74) is 8.90. The lowest BCUT2D eigenvalue weighted by molar-refractivity contribution is 0.0960. The van der Waals surface area contributed by atoms with Crippen LogP contribution < -0.4 is 20.8 Å². The van der Waals surface area contributed by atoms with Crippen LogP contribution >= 0.6 is 11.6 Å². The summed E-state index contributed by atoms with van der Waals surface area (Å²) in [6.07, 6.45) is 2.83. The number of carbonyl (C=O) groups excluding carboxylic acids is 1. The molecule has 0 saturated carbocycles. The molecule has 1 aliphatic rings. The molecule has 4 heterocycles. The first kappa shape index (κ1) is 21.2. The van der Waals surface area contributed by atoms with Crippen LogP contribution in [-0.4, -0.2) is 40.7 Å². The van der Waals surface area contributed by atoms with Crippen LogP contribution in [0, 0.1) is 5.82 Å². The number of rotatable bonds is 1. The molecule has 0 aliphatic carbocycles. The van der Waals surface area contributed by atoms with Crippen molar-refractivity contribution in [1.82, 2.24) is 24.9 Å². The van der Waals surface area contributed by atoms with Crippen molar-refractivity contribution in [1.29, 1.82) is 0 Å². The molecule has 0 saturated heterocycles. The Morgan fingerprint density at radius 2 is 2.03 bits per heavy atom. The van der Waals surface area contributed by atoms with Crippen molar-refractivity contribution >= 4 is 43.8 Å². The van der Waals surface area contributed by atoms with Gasteiger partial charge in [-0.2, -0.15) is 9.61 Å². The summed E-state index contributed by atoms with van der Waals surface area (Å²) < 4.78 is 21.4. The van der Waals surface area contributed by atoms with Gasteiger partial charge >= 0.3 is 0 Å². The van der Waals surface area contributed by atoms with Gasteiger partial charge in [-0.3, -0.25) is 4.79 Å². The number of nitrogens with two attached hydrogens (primary N) is 1. The number of halogens is 2. The molecule has 12 heteroatoms. The van der Waals surface area contributed by atoms with Crippen LogP contribution in [0.3, 0.4) is 0 Å². The second-order valence-electron chi connectivity index (χ2n) is 7.48. The molecule has 1 amide bonds. The highest BCUT2D eigenvalue weighted by atomic mass is 35.5. The SMILES string of the molecule is C[Si]1CNC(=O)c2cnn3c(N)c(-c4ccc(Cl)cc4)c(nc23)NCc2cc(F)cnc2O1. The van der Waals surface area contributed by atoms with E-state index in [9.17, 15) is 9.18 Å². The first-order valence-electron chi connectivity index (χ1n) is 10.0. The summed E-state index contributed by atoms with van der Waals surface area (Å²) in [6.45, 7) is 2.05. The molecular formula is C21H18ClFN7O2Si. The van der Waals surface area contributed by atoms with Crippen LogP contribution in [0.1, 0.15) is 15.9 Å². The van der Waals surface area contributed by atoms with Crippen LogP contribution in [0.5, 0.6) is 5.88 Å². The van der Waals surface area contributed by atoms with Gasteiger partial charge in [0.05, 0.1) is 18.0 Å². The standard InChI is InChI=1S/C21H18ClFN7O2Si/c1-33-10-27-20(31)15-9-28-30-17(24)16(11-2-4-13(22)5-3-11)18(29-19(15)30)25-7-12-6-14(23)8-26-21(12)32-33/h2-6,8-9H,7,10,24H2,1H3,(H,25,29)(H,27,31). The molecule has 5 rings (SSSR count). The van der Waals surface area contributed by atoms with E-state index in [1.165, 1.54) is 16.8 Å². The minimum absolute atomic E-state index is 0.170. The summed E-state index contributed by atoms with van der Waals surface area (Å²) in [7, 11) is -1.50. The monoisotopic (exact) mass is 482 g/mol. The molecule has 2 bridgehead atoms. The Balaban J connectivity index is 1.71. The number of benzene rings is 1. The fraction of sp³-hybridized carbons (Fsp3) is 0.143. The maximum absolute atomic E-state index is 14.0. The average molecular weight is 483 g/mol. The number of carbonyl (C=O) groups is 1. The van der Waals surface area contributed by atoms with E-state index in [0.717, 1.165) is 11.8 Å². The van der Waals surface area contributed by atoms with E-state index in [1.54, 1.807) is 12.1 Å². The normalized spacial score (nSPS) is 14.5. The molecule has 33 heavy (non-hydrogen) atoms. The number of anilines is 2. The fourth-order valence-electron chi connectivity index (χ4n) is 3.57. The highest BCUT2D eigenvalue weighted by Crippen LogP contribution is 2.35. The van der Waals surface area contributed by atoms with Crippen molar-refractivity contribution in [3.63, 3.8) is 0 Å². The van der Waals surface area contributed by atoms with E-state index in [-0.39, 0.29) is 23.8 Å². The molecule has 3 aromatic heterocycles. The number of aromatic nitrogens is 4. The number of nitrogen functional groups attached to an aromatic ring is 1. The smallest absolute Gasteiger partial charge is 0.299 e. The van der Waals surface area contributed by atoms with Crippen LogP contribution in [-0.2, 0) is 6.54 Å². The molecule has 9 nitrogen and oxygen atoms in total. The van der Waals surface area contributed by atoms with Crippen molar-refractivity contribution in [3.8, 4) is 17.0 Å². The van der Waals surface area contributed by atoms with E-state index < -0.39 is 14.9 Å². The molecule has 4 N–H and O–H groups in total. The van der Waals surface area contributed by atoms with Crippen LogP contribution in [0.2, 0.25) is 11.6 Å². The Hall–Kier alpha value is -3.70. The van der Waals surface area contributed by atoms with E-state index in [1.807, 2.05) is 18.7 Å². The second-order valence-corrected chi connectivity index (χ2v) is 9.88. The first-order chi connectivity index (χ1) is 15.9. The molecule has 0 fully saturated rings. The molecule has 1 aliphatic heterocycles. The van der Waals surface area contributed by atoms with E-state index >= 15 is 0 Å². The number of hydrogen-bond donors (Lipinski definition) is 3. The Morgan fingerprint density at radius 3 is 2.82 bits per heavy atom. The van der Waals surface area contributed by atoms with Gasteiger partial charge in [0.2, 0.25) is 5.88 Å². The number of fused-ring (bicyclic) bond motifs is 2. The third-order valence-electron chi connectivity index (χ3n) is 5.17. The molecule has 0 atom stereocenters. The van der Waals surface area contributed by atoms with Gasteiger partial charge in [-0.25, -0.2) is 14.4 Å². The number of amides is 1. The summed E-state index contributed by atoms with van der Waals surface area (Å²) in [5.74, 6) is 0.155. The van der Waals surface area contributed by atoms with Crippen molar-refractivity contribution in [2.45, 2.75) is 13.1 Å². The van der Waals surface area contributed by atoms with Gasteiger partial charge in [-0.05, 0) is 30.3 Å². The molecule has 4 aromatic rings. The fourth-order valence-corrected chi connectivity index (χ4v) is 4.69. The minimum atomic E-state index is -1.50. The van der Waals surface area contributed by atoms with Gasteiger partial charge in [0.25, 0.3) is 14.9 Å². The van der Waals surface area contributed by atoms with Crippen molar-refractivity contribution < 1.29 is 13.6 Å². The first-order valence-corrected chi connectivity index (χ1v) is 12.5. The van der Waals surface area contributed by atoms with Crippen molar-refractivity contribution in [2.75, 3.05) is 17.2 Å². The lowest BCUT2D eigenvalue weighted by Crippen LogP contribution is -2.37. The highest BCUT2D eigenvalue weighted by Gasteiger charge is 2.24. The summed E-state index contributed by atoms with van der Waals surface area (Å²) in [6, 6.07) is 8.45. The van der Waals surface area contributed by atoms with Crippen LogP contribution in [0.25, 0.3) is 16.8 Å². The Morgan fingerprint density at radius 1 is 1.24 bits per heavy atom. The van der Waals surface area contributed by atoms with Crippen LogP contribution in [0.4, 0.5) is 16.0 Å². The van der Waals surface area contributed by atoms with Gasteiger partial charge in [-0.1, -0.05) is 23.7 Å². The third-order valence-corrected chi connectivity index (χ3v) is 6.64. The van der Waals surface area contributed by atoms with Gasteiger partial charge in [0.1, 0.15) is 23.0 Å². The zero-order valence-electron chi connectivity index (χ0n) is 17.4. The number of hydrogen-bond acceptors (Lipinski definition) is 7. The average Bonchev–Trinajstić information content (AvgIpc) is 3.22. The van der Waals surface area contributed by atoms with E-state index in [0.29, 0.717) is 39.7 Å². The second kappa shape index (κ2) is 8.33. The zero-order chi connectivity index (χ0) is 23.1. The predicted octanol–water partition coefficient (Wildman–Crippen LogP) is 3.06. The zero-order valence-corrected chi connectivity index (χ0v) is 19.2.